The molecule has 140 valence electrons. The summed E-state index contributed by atoms with van der Waals surface area (Å²) in [5.41, 5.74) is 4.34. The van der Waals surface area contributed by atoms with Crippen molar-refractivity contribution < 1.29 is 4.79 Å². The van der Waals surface area contributed by atoms with Gasteiger partial charge in [0, 0.05) is 37.7 Å². The lowest BCUT2D eigenvalue weighted by molar-refractivity contribution is 0.0786. The smallest absolute Gasteiger partial charge is 0.257 e. The number of hydrogen-bond acceptors (Lipinski definition) is 4. The molecule has 4 aromatic rings. The standard InChI is InChI=1S/C22H20N4OS/c1-25(13-18-9-11-28-16-18)22(27)20-15-26(14-17-6-3-2-4-7-17)24-21(20)19-8-5-10-23-12-19/h2-12,15-16H,13-14H2,1H3. The Labute approximate surface area is 167 Å². The van der Waals surface area contributed by atoms with Crippen LogP contribution in [-0.2, 0) is 13.1 Å². The van der Waals surface area contributed by atoms with Crippen LogP contribution in [0, 0.1) is 0 Å². The first kappa shape index (κ1) is 18.1. The molecule has 0 bridgehead atoms. The van der Waals surface area contributed by atoms with Crippen LogP contribution in [0.2, 0.25) is 0 Å². The third-order valence-electron chi connectivity index (χ3n) is 4.46. The van der Waals surface area contributed by atoms with E-state index in [1.165, 1.54) is 0 Å². The predicted octanol–water partition coefficient (Wildman–Crippen LogP) is 4.33. The number of carbonyl (C=O) groups is 1. The number of pyridine rings is 1. The molecule has 4 rings (SSSR count). The number of thiophene rings is 1. The van der Waals surface area contributed by atoms with Gasteiger partial charge < -0.3 is 4.90 Å². The highest BCUT2D eigenvalue weighted by Crippen LogP contribution is 2.23. The molecule has 5 nitrogen and oxygen atoms in total. The van der Waals surface area contributed by atoms with E-state index < -0.39 is 0 Å². The fourth-order valence-corrected chi connectivity index (χ4v) is 3.74. The Bertz CT molecular complexity index is 1040. The van der Waals surface area contributed by atoms with E-state index in [4.69, 9.17) is 5.10 Å². The van der Waals surface area contributed by atoms with Crippen molar-refractivity contribution in [3.63, 3.8) is 0 Å². The largest absolute Gasteiger partial charge is 0.337 e. The molecule has 0 fully saturated rings. The van der Waals surface area contributed by atoms with Crippen molar-refractivity contribution in [2.45, 2.75) is 13.1 Å². The van der Waals surface area contributed by atoms with Crippen molar-refractivity contribution in [1.82, 2.24) is 19.7 Å². The number of aromatic nitrogens is 3. The molecule has 0 atom stereocenters. The average Bonchev–Trinajstić information content (AvgIpc) is 3.39. The van der Waals surface area contributed by atoms with Crippen molar-refractivity contribution in [2.75, 3.05) is 7.05 Å². The monoisotopic (exact) mass is 388 g/mol. The molecule has 1 amide bonds. The van der Waals surface area contributed by atoms with Crippen molar-refractivity contribution in [1.29, 1.82) is 0 Å². The van der Waals surface area contributed by atoms with E-state index in [0.29, 0.717) is 24.3 Å². The van der Waals surface area contributed by atoms with E-state index in [0.717, 1.165) is 16.7 Å². The molecule has 1 aromatic carbocycles. The lowest BCUT2D eigenvalue weighted by Crippen LogP contribution is -2.26. The van der Waals surface area contributed by atoms with Gasteiger partial charge in [0.1, 0.15) is 5.69 Å². The number of nitrogens with zero attached hydrogens (tertiary/aromatic N) is 4. The molecular weight excluding hydrogens is 368 g/mol. The lowest BCUT2D eigenvalue weighted by Gasteiger charge is -2.16. The Morgan fingerprint density at radius 1 is 1.11 bits per heavy atom. The van der Waals surface area contributed by atoms with Crippen LogP contribution in [0.25, 0.3) is 11.3 Å². The van der Waals surface area contributed by atoms with E-state index in [1.54, 1.807) is 28.6 Å². The zero-order valence-electron chi connectivity index (χ0n) is 15.5. The van der Waals surface area contributed by atoms with Gasteiger partial charge in [0.2, 0.25) is 0 Å². The van der Waals surface area contributed by atoms with Crippen molar-refractivity contribution in [2.24, 2.45) is 0 Å². The van der Waals surface area contributed by atoms with Crippen LogP contribution in [0.15, 0.2) is 77.9 Å². The topological polar surface area (TPSA) is 51.0 Å². The van der Waals surface area contributed by atoms with Gasteiger partial charge in [-0.3, -0.25) is 14.5 Å². The van der Waals surface area contributed by atoms with Gasteiger partial charge >= 0.3 is 0 Å². The Hall–Kier alpha value is -3.25. The van der Waals surface area contributed by atoms with Crippen LogP contribution < -0.4 is 0 Å². The van der Waals surface area contributed by atoms with Gasteiger partial charge in [0.25, 0.3) is 5.91 Å². The van der Waals surface area contributed by atoms with Crippen LogP contribution >= 0.6 is 11.3 Å². The van der Waals surface area contributed by atoms with Gasteiger partial charge in [0.05, 0.1) is 12.1 Å². The summed E-state index contributed by atoms with van der Waals surface area (Å²) in [6.45, 7) is 1.17. The minimum atomic E-state index is -0.0515. The fraction of sp³-hybridized carbons (Fsp3) is 0.136. The van der Waals surface area contributed by atoms with Gasteiger partial charge in [0.15, 0.2) is 0 Å². The van der Waals surface area contributed by atoms with Gasteiger partial charge in [-0.05, 0) is 40.1 Å². The molecule has 0 saturated carbocycles. The second-order valence-corrected chi connectivity index (χ2v) is 7.39. The van der Waals surface area contributed by atoms with E-state index >= 15 is 0 Å². The van der Waals surface area contributed by atoms with Crippen LogP contribution in [-0.4, -0.2) is 32.6 Å². The Morgan fingerprint density at radius 3 is 2.68 bits per heavy atom. The minimum absolute atomic E-state index is 0.0515. The van der Waals surface area contributed by atoms with Gasteiger partial charge in [-0.2, -0.15) is 16.4 Å². The highest BCUT2D eigenvalue weighted by atomic mass is 32.1. The fourth-order valence-electron chi connectivity index (χ4n) is 3.08. The lowest BCUT2D eigenvalue weighted by atomic mass is 10.1. The molecule has 28 heavy (non-hydrogen) atoms. The summed E-state index contributed by atoms with van der Waals surface area (Å²) in [4.78, 5) is 19.1. The molecule has 0 N–H and O–H groups in total. The molecule has 0 radical (unpaired) electrons. The van der Waals surface area contributed by atoms with Crippen LogP contribution in [0.4, 0.5) is 0 Å². The Morgan fingerprint density at radius 2 is 1.96 bits per heavy atom. The molecule has 0 aliphatic heterocycles. The zero-order valence-corrected chi connectivity index (χ0v) is 16.3. The highest BCUT2D eigenvalue weighted by molar-refractivity contribution is 7.07. The third-order valence-corrected chi connectivity index (χ3v) is 5.19. The quantitative estimate of drug-likeness (QED) is 0.494. The molecule has 0 aliphatic rings. The summed E-state index contributed by atoms with van der Waals surface area (Å²) in [6, 6.07) is 15.9. The number of amides is 1. The van der Waals surface area contributed by atoms with Crippen LogP contribution in [0.5, 0.6) is 0 Å². The summed E-state index contributed by atoms with van der Waals surface area (Å²) in [6.07, 6.45) is 5.29. The molecule has 0 saturated heterocycles. The van der Waals surface area contributed by atoms with Crippen molar-refractivity contribution in [3.8, 4) is 11.3 Å². The van der Waals surface area contributed by atoms with Crippen molar-refractivity contribution >= 4 is 17.2 Å². The number of benzene rings is 1. The number of hydrogen-bond donors (Lipinski definition) is 0. The highest BCUT2D eigenvalue weighted by Gasteiger charge is 2.21. The molecular formula is C22H20N4OS. The summed E-state index contributed by atoms with van der Waals surface area (Å²) >= 11 is 1.63. The maximum absolute atomic E-state index is 13.2. The summed E-state index contributed by atoms with van der Waals surface area (Å²) < 4.78 is 1.82. The molecule has 0 spiro atoms. The Balaban J connectivity index is 1.66. The predicted molar refractivity (Wildman–Crippen MR) is 111 cm³/mol. The van der Waals surface area contributed by atoms with Gasteiger partial charge in [-0.15, -0.1) is 0 Å². The first-order valence-electron chi connectivity index (χ1n) is 8.99. The first-order chi connectivity index (χ1) is 13.7. The molecule has 0 aliphatic carbocycles. The second kappa shape index (κ2) is 8.19. The van der Waals surface area contributed by atoms with Gasteiger partial charge in [-0.25, -0.2) is 0 Å². The van der Waals surface area contributed by atoms with E-state index in [-0.39, 0.29) is 5.91 Å². The van der Waals surface area contributed by atoms with E-state index in [9.17, 15) is 4.79 Å². The maximum atomic E-state index is 13.2. The summed E-state index contributed by atoms with van der Waals surface area (Å²) in [5, 5.41) is 8.79. The average molecular weight is 388 g/mol. The molecule has 3 heterocycles. The Kier molecular flexibility index (Phi) is 5.30. The number of carbonyl (C=O) groups excluding carboxylic acids is 1. The SMILES string of the molecule is CN(Cc1ccsc1)C(=O)c1cn(Cc2ccccc2)nc1-c1cccnc1. The normalized spacial score (nSPS) is 10.8. The molecule has 3 aromatic heterocycles. The van der Waals surface area contributed by atoms with Crippen LogP contribution in [0.3, 0.4) is 0 Å². The molecule has 6 heteroatoms. The van der Waals surface area contributed by atoms with Crippen molar-refractivity contribution in [3.05, 3.63) is 94.6 Å². The first-order valence-corrected chi connectivity index (χ1v) is 9.93. The summed E-state index contributed by atoms with van der Waals surface area (Å²) in [5.74, 6) is -0.0515. The number of rotatable bonds is 6. The van der Waals surface area contributed by atoms with E-state index in [1.807, 2.05) is 59.7 Å². The van der Waals surface area contributed by atoms with Crippen LogP contribution in [0.1, 0.15) is 21.5 Å². The minimum Gasteiger partial charge on any atom is -0.337 e. The second-order valence-electron chi connectivity index (χ2n) is 6.61. The van der Waals surface area contributed by atoms with E-state index in [2.05, 4.69) is 22.5 Å². The third kappa shape index (κ3) is 4.02. The maximum Gasteiger partial charge on any atom is 0.257 e. The zero-order chi connectivity index (χ0) is 19.3. The van der Waals surface area contributed by atoms with Gasteiger partial charge in [-0.1, -0.05) is 30.3 Å². The molecule has 0 unspecified atom stereocenters. The summed E-state index contributed by atoms with van der Waals surface area (Å²) in [7, 11) is 1.82.